The predicted octanol–water partition coefficient (Wildman–Crippen LogP) is 3.22. The summed E-state index contributed by atoms with van der Waals surface area (Å²) in [5.74, 6) is 1.77. The molecule has 4 aromatic heterocycles. The fraction of sp³-hybridized carbons (Fsp3) is 0.211. The number of hydrogen-bond acceptors (Lipinski definition) is 7. The summed E-state index contributed by atoms with van der Waals surface area (Å²) in [6.07, 6.45) is 8.60. The molecule has 1 aliphatic rings. The average Bonchev–Trinajstić information content (AvgIpc) is 3.46. The van der Waals surface area contributed by atoms with E-state index in [4.69, 9.17) is 4.42 Å². The average molecular weight is 360 g/mol. The maximum Gasteiger partial charge on any atom is 0.229 e. The summed E-state index contributed by atoms with van der Waals surface area (Å²) < 4.78 is 5.89. The van der Waals surface area contributed by atoms with E-state index in [2.05, 4.69) is 30.6 Å². The first-order valence-corrected chi connectivity index (χ1v) is 8.71. The summed E-state index contributed by atoms with van der Waals surface area (Å²) in [6.45, 7) is 0. The van der Waals surface area contributed by atoms with Crippen LogP contribution in [0.5, 0.6) is 0 Å². The van der Waals surface area contributed by atoms with Crippen LogP contribution < -0.4 is 10.6 Å². The number of pyridine rings is 3. The molecule has 0 aromatic carbocycles. The van der Waals surface area contributed by atoms with Gasteiger partial charge in [-0.2, -0.15) is 0 Å². The molecule has 2 N–H and O–H groups in total. The van der Waals surface area contributed by atoms with Crippen molar-refractivity contribution in [2.75, 3.05) is 17.7 Å². The molecule has 8 nitrogen and oxygen atoms in total. The van der Waals surface area contributed by atoms with E-state index in [1.54, 1.807) is 37.9 Å². The summed E-state index contributed by atoms with van der Waals surface area (Å²) in [6, 6.07) is 3.60. The van der Waals surface area contributed by atoms with E-state index >= 15 is 0 Å². The third kappa shape index (κ3) is 2.75. The number of anilines is 2. The van der Waals surface area contributed by atoms with Gasteiger partial charge in [-0.15, -0.1) is 0 Å². The molecule has 5 rings (SSSR count). The monoisotopic (exact) mass is 360 g/mol. The molecule has 134 valence electrons. The number of amides is 1. The van der Waals surface area contributed by atoms with Crippen LogP contribution in [0.3, 0.4) is 0 Å². The summed E-state index contributed by atoms with van der Waals surface area (Å²) in [5, 5.41) is 7.61. The largest absolute Gasteiger partial charge is 0.436 e. The Morgan fingerprint density at radius 1 is 1.19 bits per heavy atom. The van der Waals surface area contributed by atoms with Gasteiger partial charge in [-0.1, -0.05) is 0 Å². The minimum absolute atomic E-state index is 0.0132. The van der Waals surface area contributed by atoms with E-state index in [9.17, 15) is 4.79 Å². The SMILES string of the molecule is CNc1ncc(-c2nc3cnccc3o2)c2cc(NC(=O)C3CC3)ncc12. The van der Waals surface area contributed by atoms with E-state index in [0.717, 1.165) is 29.2 Å². The first kappa shape index (κ1) is 15.7. The van der Waals surface area contributed by atoms with Gasteiger partial charge in [-0.25, -0.2) is 15.0 Å². The molecule has 27 heavy (non-hydrogen) atoms. The minimum Gasteiger partial charge on any atom is -0.436 e. The van der Waals surface area contributed by atoms with E-state index < -0.39 is 0 Å². The second-order valence-electron chi connectivity index (χ2n) is 6.51. The number of nitrogens with zero attached hydrogens (tertiary/aromatic N) is 4. The third-order valence-corrected chi connectivity index (χ3v) is 4.63. The highest BCUT2D eigenvalue weighted by molar-refractivity contribution is 6.03. The molecule has 0 saturated heterocycles. The molecule has 1 amide bonds. The Morgan fingerprint density at radius 2 is 2.07 bits per heavy atom. The highest BCUT2D eigenvalue weighted by atomic mass is 16.3. The Morgan fingerprint density at radius 3 is 2.85 bits per heavy atom. The summed E-state index contributed by atoms with van der Waals surface area (Å²) in [7, 11) is 1.80. The van der Waals surface area contributed by atoms with Crippen LogP contribution in [-0.2, 0) is 4.79 Å². The van der Waals surface area contributed by atoms with Crippen molar-refractivity contribution in [1.29, 1.82) is 0 Å². The molecule has 4 heterocycles. The molecule has 0 radical (unpaired) electrons. The lowest BCUT2D eigenvalue weighted by molar-refractivity contribution is -0.117. The zero-order valence-corrected chi connectivity index (χ0v) is 14.6. The van der Waals surface area contributed by atoms with Crippen molar-refractivity contribution >= 4 is 39.4 Å². The molecule has 1 fully saturated rings. The molecule has 0 unspecified atom stereocenters. The third-order valence-electron chi connectivity index (χ3n) is 4.63. The molecule has 0 spiro atoms. The molecule has 4 aromatic rings. The maximum atomic E-state index is 12.1. The van der Waals surface area contributed by atoms with Gasteiger partial charge in [-0.3, -0.25) is 9.78 Å². The molecule has 1 saturated carbocycles. The van der Waals surface area contributed by atoms with Gasteiger partial charge >= 0.3 is 0 Å². The molecule has 0 bridgehead atoms. The number of carbonyl (C=O) groups excluding carboxylic acids is 1. The van der Waals surface area contributed by atoms with E-state index in [-0.39, 0.29) is 11.8 Å². The fourth-order valence-electron chi connectivity index (χ4n) is 3.04. The van der Waals surface area contributed by atoms with Crippen LogP contribution in [-0.4, -0.2) is 32.9 Å². The van der Waals surface area contributed by atoms with Crippen LogP contribution in [0.25, 0.3) is 33.3 Å². The van der Waals surface area contributed by atoms with Crippen molar-refractivity contribution in [2.24, 2.45) is 5.92 Å². The van der Waals surface area contributed by atoms with Gasteiger partial charge in [0.15, 0.2) is 5.58 Å². The van der Waals surface area contributed by atoms with E-state index in [1.807, 2.05) is 6.07 Å². The summed E-state index contributed by atoms with van der Waals surface area (Å²) in [5.41, 5.74) is 2.06. The second-order valence-corrected chi connectivity index (χ2v) is 6.51. The molecule has 1 aliphatic carbocycles. The number of rotatable bonds is 4. The van der Waals surface area contributed by atoms with Gasteiger partial charge in [0.05, 0.1) is 11.8 Å². The zero-order chi connectivity index (χ0) is 18.4. The Hall–Kier alpha value is -3.55. The number of carbonyl (C=O) groups is 1. The minimum atomic E-state index is 0.0132. The van der Waals surface area contributed by atoms with Crippen molar-refractivity contribution in [3.05, 3.63) is 36.9 Å². The van der Waals surface area contributed by atoms with Gasteiger partial charge in [0.2, 0.25) is 11.8 Å². The molecular weight excluding hydrogens is 344 g/mol. The van der Waals surface area contributed by atoms with Crippen LogP contribution in [0.1, 0.15) is 12.8 Å². The molecule has 0 aliphatic heterocycles. The standard InChI is InChI=1S/C19H16N6O2/c1-20-17-12-7-22-16(25-18(26)10-2-3-10)6-11(12)13(8-23-17)19-24-14-9-21-5-4-15(14)27-19/h4-10H,2-3H2,1H3,(H,20,23)(H,22,25,26). The van der Waals surface area contributed by atoms with Crippen LogP contribution in [0.15, 0.2) is 41.3 Å². The predicted molar refractivity (Wildman–Crippen MR) is 101 cm³/mol. The number of nitrogens with one attached hydrogen (secondary N) is 2. The van der Waals surface area contributed by atoms with E-state index in [1.165, 1.54) is 0 Å². The number of hydrogen-bond donors (Lipinski definition) is 2. The van der Waals surface area contributed by atoms with Crippen molar-refractivity contribution in [3.63, 3.8) is 0 Å². The van der Waals surface area contributed by atoms with Crippen molar-refractivity contribution in [2.45, 2.75) is 12.8 Å². The van der Waals surface area contributed by atoms with Gasteiger partial charge in [0.1, 0.15) is 17.2 Å². The lowest BCUT2D eigenvalue weighted by Gasteiger charge is -2.10. The normalized spacial score (nSPS) is 13.8. The highest BCUT2D eigenvalue weighted by Gasteiger charge is 2.30. The number of oxazole rings is 1. The van der Waals surface area contributed by atoms with Crippen LogP contribution >= 0.6 is 0 Å². The van der Waals surface area contributed by atoms with Crippen molar-refractivity contribution in [3.8, 4) is 11.5 Å². The van der Waals surface area contributed by atoms with Gasteiger partial charge < -0.3 is 15.1 Å². The van der Waals surface area contributed by atoms with Crippen molar-refractivity contribution < 1.29 is 9.21 Å². The van der Waals surface area contributed by atoms with Gasteiger partial charge in [-0.05, 0) is 18.9 Å². The van der Waals surface area contributed by atoms with Gasteiger partial charge in [0, 0.05) is 48.4 Å². The number of fused-ring (bicyclic) bond motifs is 2. The molecule has 8 heteroatoms. The molecule has 0 atom stereocenters. The second kappa shape index (κ2) is 6.01. The van der Waals surface area contributed by atoms with E-state index in [0.29, 0.717) is 28.6 Å². The quantitative estimate of drug-likeness (QED) is 0.575. The van der Waals surface area contributed by atoms with Crippen LogP contribution in [0.2, 0.25) is 0 Å². The first-order chi connectivity index (χ1) is 13.2. The van der Waals surface area contributed by atoms with Crippen LogP contribution in [0, 0.1) is 5.92 Å². The lowest BCUT2D eigenvalue weighted by atomic mass is 10.1. The smallest absolute Gasteiger partial charge is 0.229 e. The van der Waals surface area contributed by atoms with Crippen LogP contribution in [0.4, 0.5) is 11.6 Å². The first-order valence-electron chi connectivity index (χ1n) is 8.71. The maximum absolute atomic E-state index is 12.1. The number of aromatic nitrogens is 4. The Balaban J connectivity index is 1.66. The highest BCUT2D eigenvalue weighted by Crippen LogP contribution is 2.34. The summed E-state index contributed by atoms with van der Waals surface area (Å²) >= 11 is 0. The summed E-state index contributed by atoms with van der Waals surface area (Å²) in [4.78, 5) is 29.5. The Labute approximate surface area is 154 Å². The topological polar surface area (TPSA) is 106 Å². The lowest BCUT2D eigenvalue weighted by Crippen LogP contribution is -2.14. The Kier molecular flexibility index (Phi) is 3.49. The zero-order valence-electron chi connectivity index (χ0n) is 14.6. The fourth-order valence-corrected chi connectivity index (χ4v) is 3.04. The van der Waals surface area contributed by atoms with Gasteiger partial charge in [0.25, 0.3) is 0 Å². The molecular formula is C19H16N6O2. The Bertz CT molecular complexity index is 1150. The van der Waals surface area contributed by atoms with Crippen molar-refractivity contribution in [1.82, 2.24) is 19.9 Å².